The van der Waals surface area contributed by atoms with Crippen molar-refractivity contribution in [1.29, 1.82) is 0 Å². The Morgan fingerprint density at radius 1 is 1.16 bits per heavy atom. The van der Waals surface area contributed by atoms with Crippen molar-refractivity contribution in [1.82, 2.24) is 24.8 Å². The molecule has 2 fully saturated rings. The van der Waals surface area contributed by atoms with Crippen LogP contribution in [0.2, 0.25) is 0 Å². The molecule has 162 valence electrons. The minimum Gasteiger partial charge on any atom is -0.481 e. The first-order valence-electron chi connectivity index (χ1n) is 11.0. The third kappa shape index (κ3) is 3.99. The van der Waals surface area contributed by atoms with Crippen molar-refractivity contribution < 1.29 is 14.4 Å². The fraction of sp³-hybridized carbons (Fsp3) is 0.478. The Hall–Kier alpha value is -3.00. The summed E-state index contributed by atoms with van der Waals surface area (Å²) in [5.41, 5.74) is 4.00. The first-order chi connectivity index (χ1) is 15.1. The molecule has 0 spiro atoms. The zero-order chi connectivity index (χ0) is 21.4. The molecule has 8 nitrogen and oxygen atoms in total. The van der Waals surface area contributed by atoms with Gasteiger partial charge >= 0.3 is 5.97 Å². The van der Waals surface area contributed by atoms with Gasteiger partial charge in [0.1, 0.15) is 0 Å². The van der Waals surface area contributed by atoms with Gasteiger partial charge in [0.15, 0.2) is 0 Å². The molecule has 1 N–H and O–H groups in total. The summed E-state index contributed by atoms with van der Waals surface area (Å²) in [7, 11) is 0. The molecule has 31 heavy (non-hydrogen) atoms. The summed E-state index contributed by atoms with van der Waals surface area (Å²) in [6.07, 6.45) is 8.03. The predicted molar refractivity (Wildman–Crippen MR) is 114 cm³/mol. The molecule has 0 unspecified atom stereocenters. The van der Waals surface area contributed by atoms with Crippen LogP contribution in [0.25, 0.3) is 22.8 Å². The molecule has 1 aliphatic carbocycles. The minimum atomic E-state index is -0.709. The molecule has 1 aromatic carbocycles. The molecule has 0 radical (unpaired) electrons. The van der Waals surface area contributed by atoms with Crippen molar-refractivity contribution in [3.63, 3.8) is 0 Å². The molecular formula is C23H27N5O3. The maximum Gasteiger partial charge on any atom is 0.309 e. The molecule has 3 heterocycles. The standard InChI is InChI=1S/C23H27N5O3/c1-15-20(11-24-28(15)19-5-3-2-4-6-19)22-25-21(26-31-22)17-9-7-16(8-10-17)12-27-13-18(14-27)23(29)30/h7-11,18-19H,2-6,12-14H2,1H3,(H,29,30). The summed E-state index contributed by atoms with van der Waals surface area (Å²) in [5, 5.41) is 17.8. The molecule has 3 aromatic rings. The number of benzene rings is 1. The topological polar surface area (TPSA) is 97.3 Å². The van der Waals surface area contributed by atoms with Gasteiger partial charge in [-0.15, -0.1) is 0 Å². The Labute approximate surface area is 180 Å². The zero-order valence-electron chi connectivity index (χ0n) is 17.7. The maximum absolute atomic E-state index is 10.9. The molecule has 5 rings (SSSR count). The molecule has 0 bridgehead atoms. The maximum atomic E-state index is 10.9. The summed E-state index contributed by atoms with van der Waals surface area (Å²) in [6.45, 7) is 4.04. The number of aliphatic carboxylic acids is 1. The number of hydrogen-bond donors (Lipinski definition) is 1. The number of carboxylic acid groups (broad SMARTS) is 1. The summed E-state index contributed by atoms with van der Waals surface area (Å²) < 4.78 is 7.69. The summed E-state index contributed by atoms with van der Waals surface area (Å²) >= 11 is 0. The van der Waals surface area contributed by atoms with Crippen LogP contribution in [0.15, 0.2) is 35.0 Å². The van der Waals surface area contributed by atoms with Crippen LogP contribution < -0.4 is 0 Å². The van der Waals surface area contributed by atoms with Gasteiger partial charge in [-0.05, 0) is 25.3 Å². The second kappa shape index (κ2) is 8.26. The van der Waals surface area contributed by atoms with Crippen molar-refractivity contribution in [2.24, 2.45) is 5.92 Å². The van der Waals surface area contributed by atoms with Crippen LogP contribution in [0.1, 0.15) is 49.4 Å². The Morgan fingerprint density at radius 3 is 2.61 bits per heavy atom. The summed E-state index contributed by atoms with van der Waals surface area (Å²) in [6, 6.07) is 8.50. The Balaban J connectivity index is 1.27. The third-order valence-corrected chi connectivity index (χ3v) is 6.55. The van der Waals surface area contributed by atoms with Crippen molar-refractivity contribution >= 4 is 5.97 Å². The highest BCUT2D eigenvalue weighted by molar-refractivity contribution is 5.71. The Kier molecular flexibility index (Phi) is 5.31. The van der Waals surface area contributed by atoms with Crippen molar-refractivity contribution in [3.8, 4) is 22.8 Å². The second-order valence-electron chi connectivity index (χ2n) is 8.73. The lowest BCUT2D eigenvalue weighted by atomic mass is 9.95. The van der Waals surface area contributed by atoms with E-state index in [1.54, 1.807) is 0 Å². The van der Waals surface area contributed by atoms with Crippen molar-refractivity contribution in [2.75, 3.05) is 13.1 Å². The van der Waals surface area contributed by atoms with E-state index in [-0.39, 0.29) is 5.92 Å². The number of nitrogens with zero attached hydrogens (tertiary/aromatic N) is 5. The lowest BCUT2D eigenvalue weighted by Gasteiger charge is -2.36. The van der Waals surface area contributed by atoms with E-state index < -0.39 is 5.97 Å². The van der Waals surface area contributed by atoms with Crippen LogP contribution in [0.3, 0.4) is 0 Å². The van der Waals surface area contributed by atoms with Crippen LogP contribution in [0.5, 0.6) is 0 Å². The number of hydrogen-bond acceptors (Lipinski definition) is 6. The van der Waals surface area contributed by atoms with E-state index >= 15 is 0 Å². The second-order valence-corrected chi connectivity index (χ2v) is 8.73. The van der Waals surface area contributed by atoms with Crippen LogP contribution in [-0.2, 0) is 11.3 Å². The number of carboxylic acids is 1. The fourth-order valence-electron chi connectivity index (χ4n) is 4.65. The van der Waals surface area contributed by atoms with E-state index in [1.165, 1.54) is 32.1 Å². The highest BCUT2D eigenvalue weighted by atomic mass is 16.5. The van der Waals surface area contributed by atoms with Gasteiger partial charge < -0.3 is 9.63 Å². The molecule has 0 amide bonds. The molecule has 8 heteroatoms. The third-order valence-electron chi connectivity index (χ3n) is 6.55. The molecule has 2 aliphatic rings. The average molecular weight is 422 g/mol. The first kappa shape index (κ1) is 19.9. The quantitative estimate of drug-likeness (QED) is 0.644. The van der Waals surface area contributed by atoms with Crippen molar-refractivity contribution in [2.45, 2.75) is 51.6 Å². The highest BCUT2D eigenvalue weighted by Crippen LogP contribution is 2.32. The zero-order valence-corrected chi connectivity index (χ0v) is 17.7. The molecule has 2 aromatic heterocycles. The highest BCUT2D eigenvalue weighted by Gasteiger charge is 2.32. The van der Waals surface area contributed by atoms with E-state index in [9.17, 15) is 4.79 Å². The Bertz CT molecular complexity index is 1060. The van der Waals surface area contributed by atoms with E-state index in [0.717, 1.165) is 28.9 Å². The van der Waals surface area contributed by atoms with Crippen LogP contribution in [0, 0.1) is 12.8 Å². The number of rotatable bonds is 6. The van der Waals surface area contributed by atoms with Gasteiger partial charge in [0.25, 0.3) is 5.89 Å². The van der Waals surface area contributed by atoms with Gasteiger partial charge in [0.2, 0.25) is 5.82 Å². The predicted octanol–water partition coefficient (Wildman–Crippen LogP) is 3.93. The van der Waals surface area contributed by atoms with Gasteiger partial charge in [-0.25, -0.2) is 0 Å². The normalized spacial score (nSPS) is 18.2. The molecule has 1 saturated heterocycles. The number of likely N-dealkylation sites (tertiary alicyclic amines) is 1. The van der Waals surface area contributed by atoms with Crippen LogP contribution >= 0.6 is 0 Å². The average Bonchev–Trinajstić information content (AvgIpc) is 3.38. The summed E-state index contributed by atoms with van der Waals surface area (Å²) in [4.78, 5) is 17.7. The van der Waals surface area contributed by atoms with Gasteiger partial charge in [-0.3, -0.25) is 14.4 Å². The van der Waals surface area contributed by atoms with E-state index in [2.05, 4.69) is 31.7 Å². The van der Waals surface area contributed by atoms with Gasteiger partial charge in [-0.2, -0.15) is 10.1 Å². The Morgan fingerprint density at radius 2 is 1.90 bits per heavy atom. The van der Waals surface area contributed by atoms with Gasteiger partial charge in [-0.1, -0.05) is 48.7 Å². The number of carbonyl (C=O) groups is 1. The van der Waals surface area contributed by atoms with Crippen LogP contribution in [-0.4, -0.2) is 49.0 Å². The monoisotopic (exact) mass is 421 g/mol. The van der Waals surface area contributed by atoms with Crippen LogP contribution in [0.4, 0.5) is 0 Å². The lowest BCUT2D eigenvalue weighted by molar-refractivity contribution is -0.147. The minimum absolute atomic E-state index is 0.233. The van der Waals surface area contributed by atoms with Gasteiger partial charge in [0, 0.05) is 30.9 Å². The molecule has 1 aliphatic heterocycles. The van der Waals surface area contributed by atoms with E-state index in [0.29, 0.717) is 30.8 Å². The summed E-state index contributed by atoms with van der Waals surface area (Å²) in [5.74, 6) is 0.113. The molecule has 0 atom stereocenters. The van der Waals surface area contributed by atoms with E-state index in [1.807, 2.05) is 30.5 Å². The molecule has 1 saturated carbocycles. The first-order valence-corrected chi connectivity index (χ1v) is 11.0. The van der Waals surface area contributed by atoms with Gasteiger partial charge in [0.05, 0.1) is 23.7 Å². The smallest absolute Gasteiger partial charge is 0.309 e. The SMILES string of the molecule is Cc1c(-c2nc(-c3ccc(CN4CC(C(=O)O)C4)cc3)no2)cnn1C1CCCCC1. The lowest BCUT2D eigenvalue weighted by Crippen LogP contribution is -2.49. The number of aromatic nitrogens is 4. The van der Waals surface area contributed by atoms with E-state index in [4.69, 9.17) is 9.63 Å². The van der Waals surface area contributed by atoms with Crippen molar-refractivity contribution in [3.05, 3.63) is 41.7 Å². The largest absolute Gasteiger partial charge is 0.481 e. The fourth-order valence-corrected chi connectivity index (χ4v) is 4.65. The molecular weight excluding hydrogens is 394 g/mol.